The van der Waals surface area contributed by atoms with E-state index in [1.54, 1.807) is 48.8 Å². The summed E-state index contributed by atoms with van der Waals surface area (Å²) in [4.78, 5) is 28.3. The van der Waals surface area contributed by atoms with Crippen LogP contribution in [0.15, 0.2) is 71.9 Å². The molecule has 0 aliphatic carbocycles. The molecule has 1 aliphatic heterocycles. The van der Waals surface area contributed by atoms with Gasteiger partial charge in [0.25, 0.3) is 0 Å². The number of aromatic nitrogens is 1. The molecule has 7 nitrogen and oxygen atoms in total. The van der Waals surface area contributed by atoms with Gasteiger partial charge in [0.15, 0.2) is 5.78 Å². The van der Waals surface area contributed by atoms with Crippen LogP contribution >= 0.6 is 0 Å². The first kappa shape index (κ1) is 22.8. The molecule has 3 aromatic rings. The van der Waals surface area contributed by atoms with Gasteiger partial charge in [0.05, 0.1) is 4.90 Å². The highest BCUT2D eigenvalue weighted by atomic mass is 32.2. The number of aryl methyl sites for hydroxylation is 2. The third kappa shape index (κ3) is 5.91. The second kappa shape index (κ2) is 10.1. The second-order valence-electron chi connectivity index (χ2n) is 8.02. The van der Waals surface area contributed by atoms with E-state index < -0.39 is 10.0 Å². The van der Waals surface area contributed by atoms with Gasteiger partial charge in [-0.1, -0.05) is 24.3 Å². The molecule has 1 aliphatic rings. The van der Waals surface area contributed by atoms with Crippen LogP contribution < -0.4 is 10.0 Å². The van der Waals surface area contributed by atoms with Crippen molar-refractivity contribution in [3.63, 3.8) is 0 Å². The number of rotatable bonds is 8. The summed E-state index contributed by atoms with van der Waals surface area (Å²) in [5.74, 6) is -0.0159. The molecule has 170 valence electrons. The summed E-state index contributed by atoms with van der Waals surface area (Å²) in [6, 6.07) is 15.5. The van der Waals surface area contributed by atoms with E-state index in [0.717, 1.165) is 16.7 Å². The fraction of sp³-hybridized carbons (Fsp3) is 0.240. The lowest BCUT2D eigenvalue weighted by molar-refractivity contribution is -0.116. The maximum Gasteiger partial charge on any atom is 0.240 e. The fourth-order valence-electron chi connectivity index (χ4n) is 3.74. The van der Waals surface area contributed by atoms with Gasteiger partial charge < -0.3 is 5.32 Å². The summed E-state index contributed by atoms with van der Waals surface area (Å²) < 4.78 is 28.2. The van der Waals surface area contributed by atoms with Gasteiger partial charge >= 0.3 is 0 Å². The molecule has 0 saturated heterocycles. The Bertz CT molecular complexity index is 1260. The Morgan fingerprint density at radius 1 is 0.970 bits per heavy atom. The number of nitrogens with zero attached hydrogens (tertiary/aromatic N) is 1. The molecule has 4 rings (SSSR count). The number of Topliss-reactive ketones (excluding diaryl/α,β-unsaturated/α-hetero) is 1. The summed E-state index contributed by atoms with van der Waals surface area (Å²) in [6.07, 6.45) is 6.22. The Balaban J connectivity index is 1.36. The van der Waals surface area contributed by atoms with Gasteiger partial charge in [-0.05, 0) is 66.3 Å². The molecule has 8 heteroatoms. The first-order valence-electron chi connectivity index (χ1n) is 10.8. The highest BCUT2D eigenvalue weighted by Crippen LogP contribution is 2.25. The van der Waals surface area contributed by atoms with E-state index in [4.69, 9.17) is 0 Å². The molecule has 1 amide bonds. The van der Waals surface area contributed by atoms with Crippen molar-refractivity contribution < 1.29 is 18.0 Å². The number of nitrogens with one attached hydrogen (secondary N) is 2. The van der Waals surface area contributed by atoms with Gasteiger partial charge in [-0.3, -0.25) is 14.6 Å². The van der Waals surface area contributed by atoms with Crippen molar-refractivity contribution in [1.29, 1.82) is 0 Å². The minimum absolute atomic E-state index is 0.0380. The largest absolute Gasteiger partial charge is 0.326 e. The summed E-state index contributed by atoms with van der Waals surface area (Å²) in [5, 5.41) is 2.81. The minimum atomic E-state index is -3.72. The monoisotopic (exact) mass is 463 g/mol. The predicted octanol–water partition coefficient (Wildman–Crippen LogP) is 3.65. The lowest BCUT2D eigenvalue weighted by atomic mass is 10.0. The molecule has 0 bridgehead atoms. The summed E-state index contributed by atoms with van der Waals surface area (Å²) in [6.45, 7) is 0.113. The minimum Gasteiger partial charge on any atom is -0.326 e. The van der Waals surface area contributed by atoms with E-state index in [2.05, 4.69) is 15.0 Å². The van der Waals surface area contributed by atoms with Crippen LogP contribution in [0.25, 0.3) is 0 Å². The molecule has 0 radical (unpaired) electrons. The predicted molar refractivity (Wildman–Crippen MR) is 125 cm³/mol. The van der Waals surface area contributed by atoms with Gasteiger partial charge in [-0.2, -0.15) is 0 Å². The van der Waals surface area contributed by atoms with Crippen LogP contribution in [0.2, 0.25) is 0 Å². The molecule has 33 heavy (non-hydrogen) atoms. The Morgan fingerprint density at radius 3 is 2.48 bits per heavy atom. The van der Waals surface area contributed by atoms with Crippen molar-refractivity contribution >= 4 is 27.4 Å². The van der Waals surface area contributed by atoms with Gasteiger partial charge in [0, 0.05) is 43.0 Å². The van der Waals surface area contributed by atoms with E-state index in [0.29, 0.717) is 43.4 Å². The lowest BCUT2D eigenvalue weighted by Crippen LogP contribution is -2.23. The van der Waals surface area contributed by atoms with Crippen molar-refractivity contribution in [2.45, 2.75) is 43.5 Å². The highest BCUT2D eigenvalue weighted by molar-refractivity contribution is 7.89. The molecule has 1 aromatic heterocycles. The number of hydrogen-bond donors (Lipinski definition) is 2. The topological polar surface area (TPSA) is 105 Å². The molecular formula is C25H25N3O4S. The number of fused-ring (bicyclic) bond motifs is 1. The van der Waals surface area contributed by atoms with Gasteiger partial charge in [-0.15, -0.1) is 0 Å². The normalized spacial score (nSPS) is 13.6. The number of ketones is 1. The van der Waals surface area contributed by atoms with Crippen molar-refractivity contribution in [3.8, 4) is 0 Å². The lowest BCUT2D eigenvalue weighted by Gasteiger charge is -2.11. The maximum absolute atomic E-state index is 12.8. The first-order chi connectivity index (χ1) is 15.9. The number of carbonyl (C=O) groups is 2. The quantitative estimate of drug-likeness (QED) is 0.496. The summed E-state index contributed by atoms with van der Waals surface area (Å²) >= 11 is 0. The highest BCUT2D eigenvalue weighted by Gasteiger charge is 2.19. The number of anilines is 1. The standard InChI is InChI=1S/C25H25N3O4S/c29-24(11-6-18-12-14-26-15-13-18)20-7-4-19(5-8-20)17-27-33(31,32)22-9-10-23-21(16-22)2-1-3-25(30)28-23/h4-5,7-10,12-16,27H,1-3,6,11,17H2,(H,28,30). The summed E-state index contributed by atoms with van der Waals surface area (Å²) in [7, 11) is -3.72. The van der Waals surface area contributed by atoms with Crippen LogP contribution in [0, 0.1) is 0 Å². The molecule has 0 unspecified atom stereocenters. The Morgan fingerprint density at radius 2 is 1.73 bits per heavy atom. The second-order valence-corrected chi connectivity index (χ2v) is 9.79. The number of benzene rings is 2. The van der Waals surface area contributed by atoms with Gasteiger partial charge in [0.1, 0.15) is 0 Å². The molecule has 0 saturated carbocycles. The molecular weight excluding hydrogens is 438 g/mol. The van der Waals surface area contributed by atoms with Crippen LogP contribution in [0.4, 0.5) is 5.69 Å². The van der Waals surface area contributed by atoms with Gasteiger partial charge in [0.2, 0.25) is 15.9 Å². The zero-order chi connectivity index (χ0) is 23.3. The fourth-order valence-corrected chi connectivity index (χ4v) is 4.81. The average molecular weight is 464 g/mol. The van der Waals surface area contributed by atoms with Crippen LogP contribution in [-0.4, -0.2) is 25.1 Å². The number of amides is 1. The number of hydrogen-bond acceptors (Lipinski definition) is 5. The van der Waals surface area contributed by atoms with Gasteiger partial charge in [-0.25, -0.2) is 13.1 Å². The molecule has 0 fully saturated rings. The van der Waals surface area contributed by atoms with Crippen LogP contribution in [0.3, 0.4) is 0 Å². The van der Waals surface area contributed by atoms with Crippen molar-refractivity contribution in [2.24, 2.45) is 0 Å². The molecule has 2 heterocycles. The van der Waals surface area contributed by atoms with E-state index in [1.807, 2.05) is 12.1 Å². The van der Waals surface area contributed by atoms with Crippen molar-refractivity contribution in [3.05, 3.63) is 89.2 Å². The van der Waals surface area contributed by atoms with E-state index in [1.165, 1.54) is 6.07 Å². The third-order valence-electron chi connectivity index (χ3n) is 5.64. The van der Waals surface area contributed by atoms with E-state index in [-0.39, 0.29) is 23.1 Å². The van der Waals surface area contributed by atoms with Crippen LogP contribution in [0.5, 0.6) is 0 Å². The molecule has 0 atom stereocenters. The third-order valence-corrected chi connectivity index (χ3v) is 7.04. The SMILES string of the molecule is O=C1CCCc2cc(S(=O)(=O)NCc3ccc(C(=O)CCc4ccncc4)cc3)ccc2N1. The number of carbonyl (C=O) groups excluding carboxylic acids is 2. The zero-order valence-corrected chi connectivity index (χ0v) is 18.9. The summed E-state index contributed by atoms with van der Waals surface area (Å²) in [5.41, 5.74) is 3.90. The zero-order valence-electron chi connectivity index (χ0n) is 18.1. The molecule has 2 aromatic carbocycles. The molecule has 2 N–H and O–H groups in total. The molecule has 0 spiro atoms. The van der Waals surface area contributed by atoms with Crippen LogP contribution in [-0.2, 0) is 34.2 Å². The van der Waals surface area contributed by atoms with Crippen molar-refractivity contribution in [1.82, 2.24) is 9.71 Å². The first-order valence-corrected chi connectivity index (χ1v) is 12.3. The number of pyridine rings is 1. The van der Waals surface area contributed by atoms with Crippen LogP contribution in [0.1, 0.15) is 46.3 Å². The average Bonchev–Trinajstić information content (AvgIpc) is 3.02. The van der Waals surface area contributed by atoms with E-state index in [9.17, 15) is 18.0 Å². The smallest absolute Gasteiger partial charge is 0.240 e. The Kier molecular flexibility index (Phi) is 6.96. The Labute approximate surface area is 193 Å². The van der Waals surface area contributed by atoms with E-state index >= 15 is 0 Å². The van der Waals surface area contributed by atoms with Crippen molar-refractivity contribution in [2.75, 3.05) is 5.32 Å². The maximum atomic E-state index is 12.8. The Hall–Kier alpha value is -3.36. The number of sulfonamides is 1.